The number of carbonyl (C=O) groups is 1. The number of carbonyl (C=O) groups excluding carboxylic acids is 1. The van der Waals surface area contributed by atoms with Crippen molar-refractivity contribution in [3.63, 3.8) is 0 Å². The largest absolute Gasteiger partial charge is 0.354 e. The summed E-state index contributed by atoms with van der Waals surface area (Å²) in [4.78, 5) is 20.4. The SMILES string of the molecule is CC(C)CNc1nccc(C(=O)NC2CCCC2)n1. The summed E-state index contributed by atoms with van der Waals surface area (Å²) in [7, 11) is 0. The number of nitrogens with one attached hydrogen (secondary N) is 2. The van der Waals surface area contributed by atoms with Gasteiger partial charge in [0.2, 0.25) is 5.95 Å². The fourth-order valence-corrected chi connectivity index (χ4v) is 2.20. The lowest BCUT2D eigenvalue weighted by molar-refractivity contribution is 0.0933. The van der Waals surface area contributed by atoms with Crippen LogP contribution in [0.3, 0.4) is 0 Å². The first-order valence-corrected chi connectivity index (χ1v) is 7.03. The summed E-state index contributed by atoms with van der Waals surface area (Å²) >= 11 is 0. The third kappa shape index (κ3) is 4.19. The Morgan fingerprint density at radius 2 is 2.16 bits per heavy atom. The van der Waals surface area contributed by atoms with E-state index in [4.69, 9.17) is 0 Å². The molecule has 1 heterocycles. The minimum Gasteiger partial charge on any atom is -0.354 e. The van der Waals surface area contributed by atoms with Crippen LogP contribution in [0.4, 0.5) is 5.95 Å². The molecule has 1 aromatic rings. The van der Waals surface area contributed by atoms with Crippen LogP contribution in [0.25, 0.3) is 0 Å². The van der Waals surface area contributed by atoms with Crippen LogP contribution in [0, 0.1) is 5.92 Å². The van der Waals surface area contributed by atoms with Crippen molar-refractivity contribution in [3.05, 3.63) is 18.0 Å². The molecule has 1 saturated carbocycles. The first-order chi connectivity index (χ1) is 9.15. The number of rotatable bonds is 5. The lowest BCUT2D eigenvalue weighted by Crippen LogP contribution is -2.33. The average molecular weight is 262 g/mol. The predicted octanol–water partition coefficient (Wildman–Crippen LogP) is 2.22. The molecule has 1 aliphatic rings. The second-order valence-corrected chi connectivity index (χ2v) is 5.50. The highest BCUT2D eigenvalue weighted by molar-refractivity contribution is 5.92. The summed E-state index contributed by atoms with van der Waals surface area (Å²) in [6.07, 6.45) is 6.19. The van der Waals surface area contributed by atoms with E-state index in [-0.39, 0.29) is 5.91 Å². The Morgan fingerprint density at radius 1 is 1.42 bits per heavy atom. The standard InChI is InChI=1S/C14H22N4O/c1-10(2)9-16-14-15-8-7-12(18-14)13(19)17-11-5-3-4-6-11/h7-8,10-11H,3-6,9H2,1-2H3,(H,17,19)(H,15,16,18). The van der Waals surface area contributed by atoms with Gasteiger partial charge in [0.15, 0.2) is 0 Å². The van der Waals surface area contributed by atoms with Crippen molar-refractivity contribution in [2.75, 3.05) is 11.9 Å². The topological polar surface area (TPSA) is 66.9 Å². The van der Waals surface area contributed by atoms with Gasteiger partial charge in [-0.3, -0.25) is 4.79 Å². The molecule has 0 saturated heterocycles. The Hall–Kier alpha value is -1.65. The molecule has 19 heavy (non-hydrogen) atoms. The fraction of sp³-hybridized carbons (Fsp3) is 0.643. The highest BCUT2D eigenvalue weighted by Crippen LogP contribution is 2.18. The van der Waals surface area contributed by atoms with E-state index in [1.165, 1.54) is 12.8 Å². The van der Waals surface area contributed by atoms with E-state index in [1.54, 1.807) is 12.3 Å². The molecule has 1 amide bonds. The Kier molecular flexibility index (Phi) is 4.71. The van der Waals surface area contributed by atoms with Crippen LogP contribution in [0.1, 0.15) is 50.0 Å². The minimum absolute atomic E-state index is 0.0955. The van der Waals surface area contributed by atoms with Gasteiger partial charge in [-0.2, -0.15) is 0 Å². The van der Waals surface area contributed by atoms with E-state index in [0.717, 1.165) is 19.4 Å². The zero-order valence-corrected chi connectivity index (χ0v) is 11.6. The second kappa shape index (κ2) is 6.50. The molecule has 0 aliphatic heterocycles. The van der Waals surface area contributed by atoms with E-state index < -0.39 is 0 Å². The molecule has 0 aromatic carbocycles. The average Bonchev–Trinajstić information content (AvgIpc) is 2.89. The number of aromatic nitrogens is 2. The van der Waals surface area contributed by atoms with E-state index in [1.807, 2.05) is 0 Å². The smallest absolute Gasteiger partial charge is 0.270 e. The Balaban J connectivity index is 1.94. The predicted molar refractivity (Wildman–Crippen MR) is 75.1 cm³/mol. The molecule has 5 heteroatoms. The maximum Gasteiger partial charge on any atom is 0.270 e. The highest BCUT2D eigenvalue weighted by Gasteiger charge is 2.18. The van der Waals surface area contributed by atoms with Gasteiger partial charge in [-0.15, -0.1) is 0 Å². The summed E-state index contributed by atoms with van der Waals surface area (Å²) in [5, 5.41) is 6.16. The zero-order valence-electron chi connectivity index (χ0n) is 11.6. The Morgan fingerprint density at radius 3 is 2.84 bits per heavy atom. The molecule has 1 aliphatic carbocycles. The van der Waals surface area contributed by atoms with Crippen LogP contribution in [-0.4, -0.2) is 28.5 Å². The van der Waals surface area contributed by atoms with Gasteiger partial charge in [-0.25, -0.2) is 9.97 Å². The van der Waals surface area contributed by atoms with E-state index >= 15 is 0 Å². The minimum atomic E-state index is -0.0955. The monoisotopic (exact) mass is 262 g/mol. The van der Waals surface area contributed by atoms with Crippen LogP contribution in [0.2, 0.25) is 0 Å². The van der Waals surface area contributed by atoms with Gasteiger partial charge >= 0.3 is 0 Å². The van der Waals surface area contributed by atoms with Crippen LogP contribution in [0.5, 0.6) is 0 Å². The molecular weight excluding hydrogens is 240 g/mol. The van der Waals surface area contributed by atoms with Crippen molar-refractivity contribution in [3.8, 4) is 0 Å². The van der Waals surface area contributed by atoms with Gasteiger partial charge in [0.1, 0.15) is 5.69 Å². The number of hydrogen-bond donors (Lipinski definition) is 2. The zero-order chi connectivity index (χ0) is 13.7. The first-order valence-electron chi connectivity index (χ1n) is 7.03. The molecule has 104 valence electrons. The van der Waals surface area contributed by atoms with Crippen molar-refractivity contribution in [2.24, 2.45) is 5.92 Å². The van der Waals surface area contributed by atoms with Gasteiger partial charge in [0.25, 0.3) is 5.91 Å². The normalized spacial score (nSPS) is 15.7. The maximum absolute atomic E-state index is 12.1. The summed E-state index contributed by atoms with van der Waals surface area (Å²) < 4.78 is 0. The van der Waals surface area contributed by atoms with E-state index in [9.17, 15) is 4.79 Å². The molecule has 1 aromatic heterocycles. The molecule has 0 spiro atoms. The number of hydrogen-bond acceptors (Lipinski definition) is 4. The Labute approximate surface area is 114 Å². The Bertz CT molecular complexity index is 427. The van der Waals surface area contributed by atoms with Crippen molar-refractivity contribution >= 4 is 11.9 Å². The third-order valence-electron chi connectivity index (χ3n) is 3.25. The molecule has 0 unspecified atom stereocenters. The summed E-state index contributed by atoms with van der Waals surface area (Å²) in [6, 6.07) is 1.97. The van der Waals surface area contributed by atoms with Crippen molar-refractivity contribution < 1.29 is 4.79 Å². The molecule has 0 bridgehead atoms. The fourth-order valence-electron chi connectivity index (χ4n) is 2.20. The lowest BCUT2D eigenvalue weighted by atomic mass is 10.2. The van der Waals surface area contributed by atoms with Crippen LogP contribution in [0.15, 0.2) is 12.3 Å². The van der Waals surface area contributed by atoms with Crippen LogP contribution < -0.4 is 10.6 Å². The van der Waals surface area contributed by atoms with Gasteiger partial charge in [0, 0.05) is 18.8 Å². The van der Waals surface area contributed by atoms with Gasteiger partial charge < -0.3 is 10.6 Å². The van der Waals surface area contributed by atoms with Crippen molar-refractivity contribution in [1.82, 2.24) is 15.3 Å². The quantitative estimate of drug-likeness (QED) is 0.854. The van der Waals surface area contributed by atoms with Gasteiger partial charge in [0.05, 0.1) is 0 Å². The summed E-state index contributed by atoms with van der Waals surface area (Å²) in [5.74, 6) is 0.939. The molecule has 2 rings (SSSR count). The van der Waals surface area contributed by atoms with Crippen molar-refractivity contribution in [2.45, 2.75) is 45.6 Å². The number of anilines is 1. The molecule has 1 fully saturated rings. The van der Waals surface area contributed by atoms with Crippen molar-refractivity contribution in [1.29, 1.82) is 0 Å². The molecule has 0 radical (unpaired) electrons. The number of nitrogens with zero attached hydrogens (tertiary/aromatic N) is 2. The summed E-state index contributed by atoms with van der Waals surface area (Å²) in [6.45, 7) is 5.03. The molecule has 0 atom stereocenters. The summed E-state index contributed by atoms with van der Waals surface area (Å²) in [5.41, 5.74) is 0.438. The maximum atomic E-state index is 12.1. The highest BCUT2D eigenvalue weighted by atomic mass is 16.1. The van der Waals surface area contributed by atoms with Gasteiger partial charge in [-0.05, 0) is 24.8 Å². The second-order valence-electron chi connectivity index (χ2n) is 5.50. The number of amides is 1. The first kappa shape index (κ1) is 13.8. The molecule has 5 nitrogen and oxygen atoms in total. The molecular formula is C14H22N4O. The van der Waals surface area contributed by atoms with E-state index in [2.05, 4.69) is 34.4 Å². The van der Waals surface area contributed by atoms with Gasteiger partial charge in [-0.1, -0.05) is 26.7 Å². The third-order valence-corrected chi connectivity index (χ3v) is 3.25. The van der Waals surface area contributed by atoms with E-state index in [0.29, 0.717) is 23.6 Å². The lowest BCUT2D eigenvalue weighted by Gasteiger charge is -2.12. The van der Waals surface area contributed by atoms with Crippen LogP contribution in [-0.2, 0) is 0 Å². The molecule has 2 N–H and O–H groups in total. The van der Waals surface area contributed by atoms with Crippen LogP contribution >= 0.6 is 0 Å².